The van der Waals surface area contributed by atoms with Crippen LogP contribution < -0.4 is 0 Å². The van der Waals surface area contributed by atoms with Gasteiger partial charge in [0.25, 0.3) is 0 Å². The van der Waals surface area contributed by atoms with Gasteiger partial charge in [0.1, 0.15) is 5.78 Å². The summed E-state index contributed by atoms with van der Waals surface area (Å²) in [6.07, 6.45) is -0.154. The van der Waals surface area contributed by atoms with Crippen LogP contribution in [0.4, 0.5) is 4.79 Å². The molecule has 17 heavy (non-hydrogen) atoms. The highest BCUT2D eigenvalue weighted by molar-refractivity contribution is 5.72. The molecule has 6 heteroatoms. The van der Waals surface area contributed by atoms with Crippen molar-refractivity contribution in [2.75, 3.05) is 20.8 Å². The van der Waals surface area contributed by atoms with Crippen LogP contribution in [-0.4, -0.2) is 38.7 Å². The first-order valence-corrected chi connectivity index (χ1v) is 5.10. The molecular formula is C11H22O6. The van der Waals surface area contributed by atoms with Crippen molar-refractivity contribution in [1.29, 1.82) is 0 Å². The van der Waals surface area contributed by atoms with Gasteiger partial charge in [-0.15, -0.1) is 0 Å². The van der Waals surface area contributed by atoms with Gasteiger partial charge >= 0.3 is 12.1 Å². The van der Waals surface area contributed by atoms with Gasteiger partial charge in [0.05, 0.1) is 20.8 Å². The number of esters is 1. The van der Waals surface area contributed by atoms with E-state index in [1.807, 2.05) is 0 Å². The molecule has 0 aromatic rings. The van der Waals surface area contributed by atoms with E-state index in [1.54, 1.807) is 13.8 Å². The SMILES string of the molecule is CC(C)=O.CCC(=O)OC.CCOC(=O)OC. The Morgan fingerprint density at radius 3 is 1.41 bits per heavy atom. The summed E-state index contributed by atoms with van der Waals surface area (Å²) in [5.74, 6) is 0.00926. The van der Waals surface area contributed by atoms with Crippen LogP contribution in [-0.2, 0) is 23.8 Å². The van der Waals surface area contributed by atoms with E-state index in [9.17, 15) is 14.4 Å². The van der Waals surface area contributed by atoms with Gasteiger partial charge in [-0.25, -0.2) is 4.79 Å². The summed E-state index contributed by atoms with van der Waals surface area (Å²) in [6.45, 7) is 6.90. The molecule has 0 radical (unpaired) electrons. The molecule has 0 heterocycles. The fourth-order valence-electron chi connectivity index (χ4n) is 0.321. The first kappa shape index (κ1) is 20.8. The van der Waals surface area contributed by atoms with Crippen molar-refractivity contribution in [3.63, 3.8) is 0 Å². The van der Waals surface area contributed by atoms with Crippen LogP contribution in [0, 0.1) is 0 Å². The number of ether oxygens (including phenoxy) is 3. The van der Waals surface area contributed by atoms with Gasteiger partial charge in [-0.1, -0.05) is 6.92 Å². The molecule has 0 aliphatic heterocycles. The summed E-state index contributed by atoms with van der Waals surface area (Å²) in [7, 11) is 2.66. The number of rotatable bonds is 2. The molecule has 0 saturated carbocycles. The standard InChI is InChI=1S/C4H8O3.C4H8O2.C3H6O/c1-3-7-4(5)6-2;1-3-4(5)6-2;1-3(2)4/h3H2,1-2H3;3H2,1-2H3;1-2H3. The molecule has 102 valence electrons. The zero-order valence-electron chi connectivity index (χ0n) is 11.4. The quantitative estimate of drug-likeness (QED) is 0.697. The molecule has 0 aromatic heterocycles. The average Bonchev–Trinajstić information content (AvgIpc) is 2.28. The molecule has 0 amide bonds. The van der Waals surface area contributed by atoms with E-state index in [0.29, 0.717) is 13.0 Å². The van der Waals surface area contributed by atoms with Gasteiger partial charge in [-0.3, -0.25) is 4.79 Å². The van der Waals surface area contributed by atoms with E-state index < -0.39 is 6.16 Å². The molecule has 0 atom stereocenters. The maximum Gasteiger partial charge on any atom is 0.507 e. The fraction of sp³-hybridized carbons (Fsp3) is 0.727. The van der Waals surface area contributed by atoms with Gasteiger partial charge in [-0.05, 0) is 20.8 Å². The minimum atomic E-state index is -0.623. The van der Waals surface area contributed by atoms with Crippen molar-refractivity contribution >= 4 is 17.9 Å². The first-order valence-electron chi connectivity index (χ1n) is 5.10. The zero-order valence-corrected chi connectivity index (χ0v) is 11.4. The number of hydrogen-bond donors (Lipinski definition) is 0. The van der Waals surface area contributed by atoms with E-state index in [-0.39, 0.29) is 11.8 Å². The molecule has 0 unspecified atom stereocenters. The number of Topliss-reactive ketones (excluding diaryl/α,β-unsaturated/α-hetero) is 1. The van der Waals surface area contributed by atoms with Crippen LogP contribution >= 0.6 is 0 Å². The van der Waals surface area contributed by atoms with Gasteiger partial charge in [0.2, 0.25) is 0 Å². The van der Waals surface area contributed by atoms with E-state index in [4.69, 9.17) is 0 Å². The van der Waals surface area contributed by atoms with Crippen molar-refractivity contribution in [2.24, 2.45) is 0 Å². The van der Waals surface area contributed by atoms with E-state index in [1.165, 1.54) is 28.1 Å². The van der Waals surface area contributed by atoms with Crippen LogP contribution in [0.3, 0.4) is 0 Å². The molecule has 0 rings (SSSR count). The molecule has 0 fully saturated rings. The van der Waals surface area contributed by atoms with Gasteiger partial charge in [-0.2, -0.15) is 0 Å². The van der Waals surface area contributed by atoms with Crippen LogP contribution in [0.5, 0.6) is 0 Å². The van der Waals surface area contributed by atoms with Crippen LogP contribution in [0.2, 0.25) is 0 Å². The third-order valence-electron chi connectivity index (χ3n) is 0.945. The lowest BCUT2D eigenvalue weighted by Gasteiger charge is -1.94. The van der Waals surface area contributed by atoms with E-state index in [2.05, 4.69) is 14.2 Å². The Bertz CT molecular complexity index is 202. The minimum absolute atomic E-state index is 0.157. The van der Waals surface area contributed by atoms with Crippen molar-refractivity contribution < 1.29 is 28.6 Å². The number of carbonyl (C=O) groups is 3. The summed E-state index contributed by atoms with van der Waals surface area (Å²) in [6, 6.07) is 0. The third kappa shape index (κ3) is 40.4. The lowest BCUT2D eigenvalue weighted by atomic mass is 10.5. The largest absolute Gasteiger partial charge is 0.507 e. The Hall–Kier alpha value is -1.59. The molecule has 0 saturated heterocycles. The van der Waals surface area contributed by atoms with Crippen molar-refractivity contribution in [3.8, 4) is 0 Å². The second-order valence-electron chi connectivity index (χ2n) is 2.73. The van der Waals surface area contributed by atoms with Crippen molar-refractivity contribution in [2.45, 2.75) is 34.1 Å². The van der Waals surface area contributed by atoms with Crippen molar-refractivity contribution in [1.82, 2.24) is 0 Å². The molecule has 0 spiro atoms. The number of ketones is 1. The molecule has 0 aliphatic carbocycles. The molecular weight excluding hydrogens is 228 g/mol. The van der Waals surface area contributed by atoms with Crippen LogP contribution in [0.15, 0.2) is 0 Å². The summed E-state index contributed by atoms with van der Waals surface area (Å²) >= 11 is 0. The molecule has 0 bridgehead atoms. The maximum absolute atomic E-state index is 9.97. The minimum Gasteiger partial charge on any atom is -0.469 e. The Morgan fingerprint density at radius 2 is 1.35 bits per heavy atom. The summed E-state index contributed by atoms with van der Waals surface area (Å²) in [4.78, 5) is 29.4. The first-order chi connectivity index (χ1) is 7.85. The molecule has 6 nitrogen and oxygen atoms in total. The second kappa shape index (κ2) is 16.8. The van der Waals surface area contributed by atoms with Crippen LogP contribution in [0.25, 0.3) is 0 Å². The predicted octanol–water partition coefficient (Wildman–Crippen LogP) is 1.95. The maximum atomic E-state index is 9.97. The summed E-state index contributed by atoms with van der Waals surface area (Å²) in [5.41, 5.74) is 0. The highest BCUT2D eigenvalue weighted by atomic mass is 16.7. The summed E-state index contributed by atoms with van der Waals surface area (Å²) in [5, 5.41) is 0. The highest BCUT2D eigenvalue weighted by Crippen LogP contribution is 1.77. The smallest absolute Gasteiger partial charge is 0.469 e. The molecule has 0 aromatic carbocycles. The topological polar surface area (TPSA) is 78.9 Å². The van der Waals surface area contributed by atoms with Gasteiger partial charge in [0, 0.05) is 6.42 Å². The lowest BCUT2D eigenvalue weighted by Crippen LogP contribution is -2.02. The van der Waals surface area contributed by atoms with Gasteiger partial charge in [0.15, 0.2) is 0 Å². The number of hydrogen-bond acceptors (Lipinski definition) is 6. The predicted molar refractivity (Wildman–Crippen MR) is 62.7 cm³/mol. The third-order valence-corrected chi connectivity index (χ3v) is 0.945. The highest BCUT2D eigenvalue weighted by Gasteiger charge is 1.92. The molecule has 0 aliphatic rings. The zero-order chi connectivity index (χ0) is 14.3. The van der Waals surface area contributed by atoms with E-state index in [0.717, 1.165) is 0 Å². The Balaban J connectivity index is -0.000000180. The second-order valence-corrected chi connectivity index (χ2v) is 2.73. The molecule has 0 N–H and O–H groups in total. The monoisotopic (exact) mass is 250 g/mol. The Morgan fingerprint density at radius 1 is 0.941 bits per heavy atom. The Kier molecular flexibility index (Phi) is 20.6. The normalized spacial score (nSPS) is 7.41. The van der Waals surface area contributed by atoms with Gasteiger partial charge < -0.3 is 19.0 Å². The van der Waals surface area contributed by atoms with Crippen LogP contribution in [0.1, 0.15) is 34.1 Å². The number of carbonyl (C=O) groups excluding carboxylic acids is 3. The van der Waals surface area contributed by atoms with E-state index >= 15 is 0 Å². The fourth-order valence-corrected chi connectivity index (χ4v) is 0.321. The van der Waals surface area contributed by atoms with Crippen molar-refractivity contribution in [3.05, 3.63) is 0 Å². The lowest BCUT2D eigenvalue weighted by molar-refractivity contribution is -0.140. The number of methoxy groups -OCH3 is 2. The summed E-state index contributed by atoms with van der Waals surface area (Å²) < 4.78 is 12.7. The Labute approximate surface area is 102 Å². The average molecular weight is 250 g/mol.